The van der Waals surface area contributed by atoms with Crippen LogP contribution in [-0.2, 0) is 14.4 Å². The Morgan fingerprint density at radius 2 is 2.17 bits per heavy atom. The van der Waals surface area contributed by atoms with E-state index in [9.17, 15) is 14.0 Å². The van der Waals surface area contributed by atoms with Crippen LogP contribution in [0.4, 0.5) is 4.39 Å². The lowest BCUT2D eigenvalue weighted by atomic mass is 10.1. The van der Waals surface area contributed by atoms with Crippen LogP contribution in [-0.4, -0.2) is 61.8 Å². The van der Waals surface area contributed by atoms with Gasteiger partial charge in [0, 0.05) is 12.6 Å². The Kier molecular flexibility index (Phi) is 6.61. The first kappa shape index (κ1) is 20.5. The molecule has 1 unspecified atom stereocenters. The van der Waals surface area contributed by atoms with E-state index in [-0.39, 0.29) is 41.9 Å². The molecule has 1 saturated heterocycles. The number of Topliss-reactive ketones (excluding diaryl/α,β-unsaturated/α-hetero) is 1. The van der Waals surface area contributed by atoms with Crippen LogP contribution < -0.4 is 4.74 Å². The highest BCUT2D eigenvalue weighted by atomic mass is 19.1. The summed E-state index contributed by atoms with van der Waals surface area (Å²) in [6.07, 6.45) is 1.03. The lowest BCUT2D eigenvalue weighted by Crippen LogP contribution is -2.49. The summed E-state index contributed by atoms with van der Waals surface area (Å²) in [6, 6.07) is 7.33. The molecule has 1 aliphatic heterocycles. The molecule has 1 aliphatic rings. The van der Waals surface area contributed by atoms with Crippen LogP contribution in [0.2, 0.25) is 0 Å². The summed E-state index contributed by atoms with van der Waals surface area (Å²) in [4.78, 5) is 30.5. The molecule has 0 bridgehead atoms. The van der Waals surface area contributed by atoms with E-state index < -0.39 is 11.9 Å². The summed E-state index contributed by atoms with van der Waals surface area (Å²) >= 11 is 0. The molecule has 0 radical (unpaired) electrons. The van der Waals surface area contributed by atoms with Crippen molar-refractivity contribution in [2.24, 2.45) is 5.16 Å². The van der Waals surface area contributed by atoms with Gasteiger partial charge in [0.05, 0.1) is 25.0 Å². The number of hydrogen-bond donors (Lipinski definition) is 0. The molecule has 0 spiro atoms. The van der Waals surface area contributed by atoms with Gasteiger partial charge in [-0.1, -0.05) is 5.16 Å². The maximum Gasteiger partial charge on any atom is 0.279 e. The number of ketones is 1. The molecular formula is C20H21FN2O6. The molecule has 1 aromatic heterocycles. The zero-order valence-corrected chi connectivity index (χ0v) is 16.1. The number of benzene rings is 1. The molecule has 2 heterocycles. The highest BCUT2D eigenvalue weighted by Gasteiger charge is 2.30. The first-order valence-corrected chi connectivity index (χ1v) is 8.98. The molecule has 29 heavy (non-hydrogen) atoms. The van der Waals surface area contributed by atoms with Gasteiger partial charge in [-0.05, 0) is 31.2 Å². The third kappa shape index (κ3) is 5.00. The molecule has 9 heteroatoms. The van der Waals surface area contributed by atoms with Crippen LogP contribution in [0.25, 0.3) is 0 Å². The van der Waals surface area contributed by atoms with Gasteiger partial charge in [0.25, 0.3) is 5.91 Å². The summed E-state index contributed by atoms with van der Waals surface area (Å²) in [5.74, 6) is -0.778. The van der Waals surface area contributed by atoms with Crippen LogP contribution in [0.15, 0.2) is 46.2 Å². The van der Waals surface area contributed by atoms with E-state index in [1.807, 2.05) is 0 Å². The second-order valence-electron chi connectivity index (χ2n) is 6.35. The molecule has 8 nitrogen and oxygen atoms in total. The van der Waals surface area contributed by atoms with Crippen LogP contribution in [0, 0.1) is 5.82 Å². The predicted octanol–water partition coefficient (Wildman–Crippen LogP) is 2.28. The average molecular weight is 404 g/mol. The molecule has 1 atom stereocenters. The summed E-state index contributed by atoms with van der Waals surface area (Å²) in [5.41, 5.74) is 0.0619. The largest absolute Gasteiger partial charge is 0.491 e. The lowest BCUT2D eigenvalue weighted by Gasteiger charge is -2.32. The van der Waals surface area contributed by atoms with E-state index in [1.165, 1.54) is 32.4 Å². The third-order valence-electron chi connectivity index (χ3n) is 4.32. The van der Waals surface area contributed by atoms with Gasteiger partial charge in [-0.15, -0.1) is 0 Å². The normalized spacial score (nSPS) is 17.1. The number of oxime groups is 1. The molecule has 3 rings (SSSR count). The minimum Gasteiger partial charge on any atom is -0.491 e. The molecule has 0 saturated carbocycles. The van der Waals surface area contributed by atoms with Gasteiger partial charge in [0.15, 0.2) is 11.5 Å². The zero-order valence-electron chi connectivity index (χ0n) is 16.1. The van der Waals surface area contributed by atoms with Crippen molar-refractivity contribution in [2.45, 2.75) is 13.0 Å². The maximum absolute atomic E-state index is 13.9. The van der Waals surface area contributed by atoms with Crippen LogP contribution in [0.5, 0.6) is 5.75 Å². The van der Waals surface area contributed by atoms with Gasteiger partial charge in [-0.3, -0.25) is 9.59 Å². The molecule has 1 aromatic carbocycles. The Labute approximate surface area is 166 Å². The van der Waals surface area contributed by atoms with Gasteiger partial charge in [0.2, 0.25) is 5.71 Å². The smallest absolute Gasteiger partial charge is 0.279 e. The average Bonchev–Trinajstić information content (AvgIpc) is 3.24. The topological polar surface area (TPSA) is 90.6 Å². The molecule has 0 aliphatic carbocycles. The molecule has 1 fully saturated rings. The molecule has 154 valence electrons. The van der Waals surface area contributed by atoms with E-state index >= 15 is 0 Å². The second kappa shape index (κ2) is 9.33. The number of ether oxygens (including phenoxy) is 2. The number of halogens is 1. The SMILES string of the molecule is CO/N=C(/C(=O)N1CCOC(COc2ccc(C(C)=O)c(F)c2)C1)c1ccco1. The van der Waals surface area contributed by atoms with Crippen molar-refractivity contribution in [2.75, 3.05) is 33.4 Å². The quantitative estimate of drug-likeness (QED) is 0.400. The van der Waals surface area contributed by atoms with Crippen molar-refractivity contribution in [3.63, 3.8) is 0 Å². The lowest BCUT2D eigenvalue weighted by molar-refractivity contribution is -0.132. The summed E-state index contributed by atoms with van der Waals surface area (Å²) in [5, 5.41) is 3.78. The Morgan fingerprint density at radius 1 is 1.34 bits per heavy atom. The monoisotopic (exact) mass is 404 g/mol. The van der Waals surface area contributed by atoms with Crippen molar-refractivity contribution in [1.29, 1.82) is 0 Å². The van der Waals surface area contributed by atoms with Gasteiger partial charge in [-0.2, -0.15) is 0 Å². The number of carbonyl (C=O) groups excluding carboxylic acids is 2. The number of furan rings is 1. The zero-order chi connectivity index (χ0) is 20.8. The van der Waals surface area contributed by atoms with Crippen molar-refractivity contribution in [3.8, 4) is 5.75 Å². The molecular weight excluding hydrogens is 383 g/mol. The second-order valence-corrected chi connectivity index (χ2v) is 6.35. The first-order valence-electron chi connectivity index (χ1n) is 8.98. The van der Waals surface area contributed by atoms with Crippen molar-refractivity contribution < 1.29 is 32.7 Å². The number of nitrogens with zero attached hydrogens (tertiary/aromatic N) is 2. The minimum atomic E-state index is -0.643. The van der Waals surface area contributed by atoms with Crippen molar-refractivity contribution in [1.82, 2.24) is 4.90 Å². The van der Waals surface area contributed by atoms with Crippen molar-refractivity contribution >= 4 is 17.4 Å². The highest BCUT2D eigenvalue weighted by Crippen LogP contribution is 2.18. The fourth-order valence-corrected chi connectivity index (χ4v) is 2.91. The standard InChI is InChI=1S/C20H21FN2O6/c1-13(24)16-6-5-14(10-17(16)21)29-12-15-11-23(7-9-27-15)20(25)19(22-26-2)18-4-3-8-28-18/h3-6,8,10,15H,7,9,11-12H2,1-2H3/b22-19+. The Hall–Kier alpha value is -3.20. The predicted molar refractivity (Wildman–Crippen MR) is 100 cm³/mol. The molecule has 2 aromatic rings. The summed E-state index contributed by atoms with van der Waals surface area (Å²) < 4.78 is 30.4. The summed E-state index contributed by atoms with van der Waals surface area (Å²) in [7, 11) is 1.35. The van der Waals surface area contributed by atoms with Gasteiger partial charge in [-0.25, -0.2) is 4.39 Å². The number of amides is 1. The first-order chi connectivity index (χ1) is 14.0. The Morgan fingerprint density at radius 3 is 2.83 bits per heavy atom. The number of rotatable bonds is 7. The highest BCUT2D eigenvalue weighted by molar-refractivity contribution is 6.44. The van der Waals surface area contributed by atoms with Gasteiger partial charge < -0.3 is 23.6 Å². The number of morpholine rings is 1. The van der Waals surface area contributed by atoms with Crippen LogP contribution in [0.1, 0.15) is 23.0 Å². The van der Waals surface area contributed by atoms with E-state index in [0.29, 0.717) is 18.9 Å². The van der Waals surface area contributed by atoms with Gasteiger partial charge >= 0.3 is 0 Å². The Balaban J connectivity index is 1.62. The van der Waals surface area contributed by atoms with E-state index in [4.69, 9.17) is 18.7 Å². The maximum atomic E-state index is 13.9. The van der Waals surface area contributed by atoms with E-state index in [2.05, 4.69) is 5.16 Å². The fourth-order valence-electron chi connectivity index (χ4n) is 2.91. The molecule has 1 amide bonds. The Bertz CT molecular complexity index is 896. The van der Waals surface area contributed by atoms with E-state index in [1.54, 1.807) is 17.0 Å². The van der Waals surface area contributed by atoms with Crippen LogP contribution >= 0.6 is 0 Å². The third-order valence-corrected chi connectivity index (χ3v) is 4.32. The van der Waals surface area contributed by atoms with Gasteiger partial charge in [0.1, 0.15) is 31.4 Å². The number of hydrogen-bond acceptors (Lipinski definition) is 7. The van der Waals surface area contributed by atoms with E-state index in [0.717, 1.165) is 6.07 Å². The summed E-state index contributed by atoms with van der Waals surface area (Å²) in [6.45, 7) is 2.36. The number of carbonyl (C=O) groups is 2. The minimum absolute atomic E-state index is 0.00549. The van der Waals surface area contributed by atoms with Crippen LogP contribution in [0.3, 0.4) is 0 Å². The molecule has 0 N–H and O–H groups in total. The fraction of sp³-hybridized carbons (Fsp3) is 0.350. The van der Waals surface area contributed by atoms with Crippen molar-refractivity contribution in [3.05, 3.63) is 53.7 Å².